The lowest BCUT2D eigenvalue weighted by atomic mass is 9.94. The molecule has 1 amide bonds. The standard InChI is InChI=1S/C20H28N2O4S/c1-10-11(2)18(27-14(10)5)15-13(4)22-26-17(15)16(21-9-23)12(3)19(24)25-20(6,7)8/h9,12,16H,1-8H3,(H,21,23)/t12-,16?/m1/s1. The second-order valence-corrected chi connectivity index (χ2v) is 9.05. The molecule has 2 atom stereocenters. The van der Waals surface area contributed by atoms with Crippen molar-refractivity contribution in [1.82, 2.24) is 10.5 Å². The zero-order chi connectivity index (χ0) is 20.5. The second kappa shape index (κ2) is 7.84. The Morgan fingerprint density at radius 2 is 1.85 bits per heavy atom. The van der Waals surface area contributed by atoms with Crippen LogP contribution in [0.25, 0.3) is 10.4 Å². The Kier molecular flexibility index (Phi) is 6.14. The normalized spacial score (nSPS) is 13.9. The van der Waals surface area contributed by atoms with Gasteiger partial charge in [-0.15, -0.1) is 11.3 Å². The average Bonchev–Trinajstić information content (AvgIpc) is 3.05. The van der Waals surface area contributed by atoms with E-state index in [9.17, 15) is 9.59 Å². The van der Waals surface area contributed by atoms with Crippen molar-refractivity contribution in [2.24, 2.45) is 5.92 Å². The Hall–Kier alpha value is -2.15. The van der Waals surface area contributed by atoms with Gasteiger partial charge in [0.05, 0.1) is 17.2 Å². The number of carbonyl (C=O) groups excluding carboxylic acids is 2. The van der Waals surface area contributed by atoms with E-state index in [4.69, 9.17) is 9.26 Å². The van der Waals surface area contributed by atoms with Gasteiger partial charge in [0.2, 0.25) is 6.41 Å². The summed E-state index contributed by atoms with van der Waals surface area (Å²) in [5.74, 6) is -0.567. The predicted octanol–water partition coefficient (Wildman–Crippen LogP) is 4.40. The second-order valence-electron chi connectivity index (χ2n) is 7.83. The molecule has 0 saturated carbocycles. The summed E-state index contributed by atoms with van der Waals surface area (Å²) in [6, 6.07) is -0.671. The molecule has 2 aromatic heterocycles. The van der Waals surface area contributed by atoms with Crippen molar-refractivity contribution in [1.29, 1.82) is 0 Å². The first-order valence-electron chi connectivity index (χ1n) is 8.93. The third-order valence-electron chi connectivity index (χ3n) is 4.61. The quantitative estimate of drug-likeness (QED) is 0.582. The molecule has 6 nitrogen and oxygen atoms in total. The Morgan fingerprint density at radius 1 is 1.22 bits per heavy atom. The molecule has 148 valence electrons. The first-order valence-corrected chi connectivity index (χ1v) is 9.75. The summed E-state index contributed by atoms with van der Waals surface area (Å²) in [6.07, 6.45) is 0.574. The molecule has 0 aromatic carbocycles. The van der Waals surface area contributed by atoms with Crippen LogP contribution in [-0.2, 0) is 14.3 Å². The smallest absolute Gasteiger partial charge is 0.311 e. The van der Waals surface area contributed by atoms with E-state index in [0.29, 0.717) is 12.2 Å². The molecular weight excluding hydrogens is 364 g/mol. The number of nitrogens with zero attached hydrogens (tertiary/aromatic N) is 1. The van der Waals surface area contributed by atoms with Gasteiger partial charge in [-0.3, -0.25) is 9.59 Å². The van der Waals surface area contributed by atoms with Gasteiger partial charge in [-0.25, -0.2) is 0 Å². The van der Waals surface area contributed by atoms with Gasteiger partial charge < -0.3 is 14.6 Å². The number of hydrogen-bond acceptors (Lipinski definition) is 6. The molecule has 0 aliphatic heterocycles. The van der Waals surface area contributed by atoms with Crippen molar-refractivity contribution in [3.63, 3.8) is 0 Å². The number of ether oxygens (including phenoxy) is 1. The van der Waals surface area contributed by atoms with Crippen molar-refractivity contribution in [3.05, 3.63) is 27.5 Å². The van der Waals surface area contributed by atoms with E-state index < -0.39 is 23.5 Å². The van der Waals surface area contributed by atoms with Crippen LogP contribution in [0.2, 0.25) is 0 Å². The Morgan fingerprint density at radius 3 is 2.33 bits per heavy atom. The van der Waals surface area contributed by atoms with Crippen LogP contribution >= 0.6 is 11.3 Å². The third kappa shape index (κ3) is 4.40. The van der Waals surface area contributed by atoms with Gasteiger partial charge in [-0.2, -0.15) is 0 Å². The number of amides is 1. The lowest BCUT2D eigenvalue weighted by Gasteiger charge is -2.26. The van der Waals surface area contributed by atoms with Crippen LogP contribution in [0.4, 0.5) is 0 Å². The van der Waals surface area contributed by atoms with Gasteiger partial charge in [0.15, 0.2) is 5.76 Å². The zero-order valence-corrected chi connectivity index (χ0v) is 18.0. The molecule has 0 saturated heterocycles. The molecule has 0 radical (unpaired) electrons. The molecule has 2 aromatic rings. The van der Waals surface area contributed by atoms with Crippen LogP contribution in [0.5, 0.6) is 0 Å². The molecule has 0 spiro atoms. The molecule has 0 bridgehead atoms. The predicted molar refractivity (Wildman–Crippen MR) is 106 cm³/mol. The molecule has 2 rings (SSSR count). The number of esters is 1. The summed E-state index contributed by atoms with van der Waals surface area (Å²) >= 11 is 1.66. The number of thiophene rings is 1. The molecule has 2 heterocycles. The number of hydrogen-bond donors (Lipinski definition) is 1. The summed E-state index contributed by atoms with van der Waals surface area (Å²) in [5, 5.41) is 6.84. The fraction of sp³-hybridized carbons (Fsp3) is 0.550. The van der Waals surface area contributed by atoms with Crippen LogP contribution in [-0.4, -0.2) is 23.1 Å². The molecule has 0 fully saturated rings. The number of aromatic nitrogens is 1. The van der Waals surface area contributed by atoms with E-state index in [0.717, 1.165) is 21.7 Å². The monoisotopic (exact) mass is 392 g/mol. The van der Waals surface area contributed by atoms with Gasteiger partial charge in [-0.05, 0) is 66.5 Å². The highest BCUT2D eigenvalue weighted by molar-refractivity contribution is 7.15. The van der Waals surface area contributed by atoms with Gasteiger partial charge in [0.25, 0.3) is 0 Å². The number of nitrogens with one attached hydrogen (secondary N) is 1. The molecule has 0 aliphatic rings. The largest absolute Gasteiger partial charge is 0.460 e. The van der Waals surface area contributed by atoms with Gasteiger partial charge in [-0.1, -0.05) is 5.16 Å². The molecular formula is C20H28N2O4S. The highest BCUT2D eigenvalue weighted by atomic mass is 32.1. The highest BCUT2D eigenvalue weighted by Gasteiger charge is 2.35. The van der Waals surface area contributed by atoms with E-state index in [1.807, 2.05) is 27.7 Å². The number of rotatable bonds is 6. The maximum absolute atomic E-state index is 12.6. The SMILES string of the molecule is Cc1noc(C(NC=O)[C@@H](C)C(=O)OC(C)(C)C)c1-c1sc(C)c(C)c1C. The summed E-state index contributed by atoms with van der Waals surface area (Å²) in [6.45, 7) is 15.2. The van der Waals surface area contributed by atoms with Gasteiger partial charge in [0.1, 0.15) is 11.6 Å². The first kappa shape index (κ1) is 21.2. The van der Waals surface area contributed by atoms with Crippen molar-refractivity contribution < 1.29 is 18.8 Å². The minimum atomic E-state index is -0.671. The van der Waals surface area contributed by atoms with Crippen LogP contribution in [0, 0.1) is 33.6 Å². The lowest BCUT2D eigenvalue weighted by Crippen LogP contribution is -2.35. The van der Waals surface area contributed by atoms with Crippen LogP contribution in [0.3, 0.4) is 0 Å². The van der Waals surface area contributed by atoms with Crippen LogP contribution < -0.4 is 5.32 Å². The van der Waals surface area contributed by atoms with E-state index in [-0.39, 0.29) is 0 Å². The lowest BCUT2D eigenvalue weighted by molar-refractivity contribution is -0.160. The number of aryl methyl sites for hydroxylation is 2. The van der Waals surface area contributed by atoms with E-state index in [2.05, 4.69) is 31.2 Å². The fourth-order valence-electron chi connectivity index (χ4n) is 2.91. The zero-order valence-electron chi connectivity index (χ0n) is 17.2. The molecule has 7 heteroatoms. The van der Waals surface area contributed by atoms with Crippen LogP contribution in [0.15, 0.2) is 4.52 Å². The van der Waals surface area contributed by atoms with Gasteiger partial charge >= 0.3 is 5.97 Å². The molecule has 1 N–H and O–H groups in total. The average molecular weight is 393 g/mol. The van der Waals surface area contributed by atoms with Gasteiger partial charge in [0, 0.05) is 9.75 Å². The van der Waals surface area contributed by atoms with Crippen molar-refractivity contribution in [2.75, 3.05) is 0 Å². The third-order valence-corrected chi connectivity index (χ3v) is 5.94. The summed E-state index contributed by atoms with van der Waals surface area (Å²) in [5.41, 5.74) is 3.32. The fourth-order valence-corrected chi connectivity index (χ4v) is 4.17. The van der Waals surface area contributed by atoms with E-state index in [1.165, 1.54) is 10.4 Å². The number of carbonyl (C=O) groups is 2. The van der Waals surface area contributed by atoms with Crippen molar-refractivity contribution in [3.8, 4) is 10.4 Å². The van der Waals surface area contributed by atoms with Crippen molar-refractivity contribution in [2.45, 2.75) is 67.0 Å². The minimum Gasteiger partial charge on any atom is -0.460 e. The van der Waals surface area contributed by atoms with E-state index >= 15 is 0 Å². The Bertz CT molecular complexity index is 845. The van der Waals surface area contributed by atoms with Crippen LogP contribution in [0.1, 0.15) is 61.2 Å². The Labute approximate surface area is 164 Å². The Balaban J connectivity index is 2.52. The summed E-state index contributed by atoms with van der Waals surface area (Å²) < 4.78 is 11.1. The minimum absolute atomic E-state index is 0.405. The van der Waals surface area contributed by atoms with Crippen molar-refractivity contribution >= 4 is 23.7 Å². The summed E-state index contributed by atoms with van der Waals surface area (Å²) in [7, 11) is 0. The maximum atomic E-state index is 12.6. The maximum Gasteiger partial charge on any atom is 0.311 e. The van der Waals surface area contributed by atoms with E-state index in [1.54, 1.807) is 18.3 Å². The molecule has 27 heavy (non-hydrogen) atoms. The highest BCUT2D eigenvalue weighted by Crippen LogP contribution is 2.42. The topological polar surface area (TPSA) is 81.4 Å². The molecule has 1 unspecified atom stereocenters. The molecule has 0 aliphatic carbocycles. The summed E-state index contributed by atoms with van der Waals surface area (Å²) in [4.78, 5) is 26.1. The first-order chi connectivity index (χ1) is 12.5.